The number of rotatable bonds is 6. The van der Waals surface area contributed by atoms with Gasteiger partial charge in [0.05, 0.1) is 17.4 Å². The van der Waals surface area contributed by atoms with Gasteiger partial charge in [-0.1, -0.05) is 30.3 Å². The van der Waals surface area contributed by atoms with Crippen LogP contribution in [0, 0.1) is 16.0 Å². The molecule has 1 saturated carbocycles. The lowest BCUT2D eigenvalue weighted by Crippen LogP contribution is -2.22. The van der Waals surface area contributed by atoms with Crippen molar-refractivity contribution in [3.05, 3.63) is 75.3 Å². The zero-order valence-corrected chi connectivity index (χ0v) is 16.5. The zero-order valence-electron chi connectivity index (χ0n) is 16.5. The number of hydrogen-bond donors (Lipinski definition) is 0. The van der Waals surface area contributed by atoms with Crippen LogP contribution in [-0.2, 0) is 9.53 Å². The molecule has 2 aliphatic rings. The van der Waals surface area contributed by atoms with Crippen LogP contribution in [0.2, 0.25) is 0 Å². The second-order valence-electron chi connectivity index (χ2n) is 7.56. The summed E-state index contributed by atoms with van der Waals surface area (Å²) in [6, 6.07) is 13.4. The Hall–Kier alpha value is -3.15. The van der Waals surface area contributed by atoms with Gasteiger partial charge in [-0.25, -0.2) is 4.79 Å². The van der Waals surface area contributed by atoms with E-state index >= 15 is 0 Å². The largest absolute Gasteiger partial charge is 0.482 e. The Labute approximate surface area is 169 Å². The quantitative estimate of drug-likeness (QED) is 0.303. The van der Waals surface area contributed by atoms with Crippen LogP contribution < -0.4 is 4.74 Å². The highest BCUT2D eigenvalue weighted by molar-refractivity contribution is 5.91. The first-order chi connectivity index (χ1) is 14.0. The van der Waals surface area contributed by atoms with Crippen LogP contribution in [-0.4, -0.2) is 23.6 Å². The van der Waals surface area contributed by atoms with Gasteiger partial charge in [-0.15, -0.1) is 0 Å². The van der Waals surface area contributed by atoms with Gasteiger partial charge in [0.25, 0.3) is 0 Å². The van der Waals surface area contributed by atoms with Crippen LogP contribution in [0.1, 0.15) is 49.3 Å². The van der Waals surface area contributed by atoms with E-state index in [-0.39, 0.29) is 24.3 Å². The molecular weight excluding hydrogens is 370 g/mol. The lowest BCUT2D eigenvalue weighted by Gasteiger charge is -2.19. The van der Waals surface area contributed by atoms with Gasteiger partial charge in [-0.05, 0) is 55.4 Å². The van der Waals surface area contributed by atoms with Crippen molar-refractivity contribution in [2.75, 3.05) is 6.61 Å². The molecular formula is C23H23NO5. The molecule has 0 spiro atoms. The molecule has 0 bridgehead atoms. The Kier molecular flexibility index (Phi) is 5.09. The first-order valence-electron chi connectivity index (χ1n) is 9.89. The molecule has 0 radical (unpaired) electrons. The minimum atomic E-state index is -0.458. The van der Waals surface area contributed by atoms with Crippen molar-refractivity contribution in [3.63, 3.8) is 0 Å². The minimum Gasteiger partial charge on any atom is -0.482 e. The highest BCUT2D eigenvalue weighted by Gasteiger charge is 2.47. The number of allylic oxidation sites excluding steroid dienone is 1. The summed E-state index contributed by atoms with van der Waals surface area (Å²) in [6.07, 6.45) is 3.42. The van der Waals surface area contributed by atoms with Gasteiger partial charge >= 0.3 is 11.7 Å². The first-order valence-corrected chi connectivity index (χ1v) is 9.89. The molecule has 1 heterocycles. The summed E-state index contributed by atoms with van der Waals surface area (Å²) in [5, 5.41) is 11.8. The van der Waals surface area contributed by atoms with E-state index in [0.29, 0.717) is 22.8 Å². The average Bonchev–Trinajstić information content (AvgIpc) is 3.47. The van der Waals surface area contributed by atoms with Crippen molar-refractivity contribution in [2.24, 2.45) is 5.92 Å². The first kappa shape index (κ1) is 19.2. The topological polar surface area (TPSA) is 78.7 Å². The predicted octanol–water partition coefficient (Wildman–Crippen LogP) is 4.86. The SMILES string of the molecule is CCOC(=O)C=C(C)c1cc2c(c([N+](=O)[O-])c1)O[C@H](C1CC1)[C@H]2c1ccccc1. The highest BCUT2D eigenvalue weighted by atomic mass is 16.6. The number of nitro groups is 1. The number of nitrogens with zero attached hydrogens (tertiary/aromatic N) is 1. The maximum atomic E-state index is 11.9. The third kappa shape index (κ3) is 3.75. The molecule has 0 N–H and O–H groups in total. The van der Waals surface area contributed by atoms with E-state index in [0.717, 1.165) is 24.0 Å². The summed E-state index contributed by atoms with van der Waals surface area (Å²) in [5.41, 5.74) is 3.09. The number of nitro benzene ring substituents is 1. The molecule has 2 aromatic rings. The number of carbonyl (C=O) groups excluding carboxylic acids is 1. The van der Waals surface area contributed by atoms with Crippen molar-refractivity contribution in [1.29, 1.82) is 0 Å². The summed E-state index contributed by atoms with van der Waals surface area (Å²) in [4.78, 5) is 23.3. The van der Waals surface area contributed by atoms with Gasteiger partial charge in [-0.3, -0.25) is 10.1 Å². The zero-order chi connectivity index (χ0) is 20.5. The van der Waals surface area contributed by atoms with Crippen molar-refractivity contribution in [1.82, 2.24) is 0 Å². The standard InChI is InChI=1S/C23H23NO5/c1-3-28-20(25)11-14(2)17-12-18-21(15-7-5-4-6-8-15)22(16-9-10-16)29-23(18)19(13-17)24(26)27/h4-8,11-13,16,21-22H,3,9-10H2,1-2H3/t21-,22+/m0/s1. The summed E-state index contributed by atoms with van der Waals surface area (Å²) in [6.45, 7) is 3.77. The van der Waals surface area contributed by atoms with Crippen molar-refractivity contribution >= 4 is 17.2 Å². The Morgan fingerprint density at radius 1 is 1.28 bits per heavy atom. The number of fused-ring (bicyclic) bond motifs is 1. The molecule has 1 fully saturated rings. The van der Waals surface area contributed by atoms with Crippen molar-refractivity contribution in [2.45, 2.75) is 38.7 Å². The van der Waals surface area contributed by atoms with Crippen molar-refractivity contribution < 1.29 is 19.2 Å². The second kappa shape index (κ2) is 7.70. The summed E-state index contributed by atoms with van der Waals surface area (Å²) < 4.78 is 11.2. The van der Waals surface area contributed by atoms with Gasteiger partial charge in [0.1, 0.15) is 6.10 Å². The Morgan fingerprint density at radius 2 is 2.00 bits per heavy atom. The van der Waals surface area contributed by atoms with Gasteiger partial charge in [0, 0.05) is 17.7 Å². The molecule has 4 rings (SSSR count). The Morgan fingerprint density at radius 3 is 2.62 bits per heavy atom. The third-order valence-corrected chi connectivity index (χ3v) is 5.53. The molecule has 29 heavy (non-hydrogen) atoms. The molecule has 6 nitrogen and oxygen atoms in total. The minimum absolute atomic E-state index is 0.0572. The van der Waals surface area contributed by atoms with Gasteiger partial charge < -0.3 is 9.47 Å². The van der Waals surface area contributed by atoms with E-state index < -0.39 is 10.9 Å². The molecule has 1 aliphatic heterocycles. The van der Waals surface area contributed by atoms with Crippen LogP contribution in [0.15, 0.2) is 48.5 Å². The molecule has 2 aromatic carbocycles. The number of carbonyl (C=O) groups is 1. The van der Waals surface area contributed by atoms with Gasteiger partial charge in [0.15, 0.2) is 0 Å². The molecule has 0 saturated heterocycles. The fourth-order valence-electron chi connectivity index (χ4n) is 4.01. The number of hydrogen-bond acceptors (Lipinski definition) is 5. The molecule has 150 valence electrons. The Balaban J connectivity index is 1.83. The third-order valence-electron chi connectivity index (χ3n) is 5.53. The van der Waals surface area contributed by atoms with E-state index in [1.807, 2.05) is 36.4 Å². The van der Waals surface area contributed by atoms with E-state index in [2.05, 4.69) is 0 Å². The number of benzene rings is 2. The molecule has 2 atom stereocenters. The molecule has 0 amide bonds. The fourth-order valence-corrected chi connectivity index (χ4v) is 4.01. The summed E-state index contributed by atoms with van der Waals surface area (Å²) in [5.74, 6) is 0.243. The van der Waals surface area contributed by atoms with Crippen LogP contribution in [0.25, 0.3) is 5.57 Å². The number of esters is 1. The molecule has 0 aromatic heterocycles. The monoisotopic (exact) mass is 393 g/mol. The van der Waals surface area contributed by atoms with Gasteiger partial charge in [-0.2, -0.15) is 0 Å². The highest BCUT2D eigenvalue weighted by Crippen LogP contribution is 2.54. The average molecular weight is 393 g/mol. The van der Waals surface area contributed by atoms with E-state index in [1.54, 1.807) is 13.8 Å². The lowest BCUT2D eigenvalue weighted by molar-refractivity contribution is -0.385. The normalized spacial score (nSPS) is 20.7. The van der Waals surface area contributed by atoms with Gasteiger partial charge in [0.2, 0.25) is 5.75 Å². The molecule has 0 unspecified atom stereocenters. The maximum absolute atomic E-state index is 11.9. The van der Waals surface area contributed by atoms with E-state index in [1.165, 1.54) is 12.1 Å². The smallest absolute Gasteiger partial charge is 0.331 e. The Bertz CT molecular complexity index is 978. The fraction of sp³-hybridized carbons (Fsp3) is 0.348. The van der Waals surface area contributed by atoms with E-state index in [9.17, 15) is 14.9 Å². The number of ether oxygens (including phenoxy) is 2. The summed E-state index contributed by atoms with van der Waals surface area (Å²) >= 11 is 0. The van der Waals surface area contributed by atoms with Crippen molar-refractivity contribution in [3.8, 4) is 5.75 Å². The maximum Gasteiger partial charge on any atom is 0.331 e. The predicted molar refractivity (Wildman–Crippen MR) is 109 cm³/mol. The summed E-state index contributed by atoms with van der Waals surface area (Å²) in [7, 11) is 0. The van der Waals surface area contributed by atoms with Crippen LogP contribution in [0.5, 0.6) is 5.75 Å². The van der Waals surface area contributed by atoms with Crippen LogP contribution >= 0.6 is 0 Å². The lowest BCUT2D eigenvalue weighted by atomic mass is 9.85. The van der Waals surface area contributed by atoms with E-state index in [4.69, 9.17) is 9.47 Å². The van der Waals surface area contributed by atoms with Crippen LogP contribution in [0.4, 0.5) is 5.69 Å². The second-order valence-corrected chi connectivity index (χ2v) is 7.56. The molecule has 1 aliphatic carbocycles. The molecule has 6 heteroatoms. The van der Waals surface area contributed by atoms with Crippen LogP contribution in [0.3, 0.4) is 0 Å².